The average Bonchev–Trinajstić information content (AvgIpc) is 2.36. The number of hydrogen-bond donors (Lipinski definition) is 1. The molecule has 0 bridgehead atoms. The zero-order chi connectivity index (χ0) is 15.5. The standard InChI is InChI=1S/C14H25O5P/c1-4-12(15)5-8-20(9-6-13(16)17)10-7-14(18)19-11(2)3/h11H,4-10H2,1-3H3,(H,16,17). The van der Waals surface area contributed by atoms with Crippen molar-refractivity contribution in [1.29, 1.82) is 0 Å². The summed E-state index contributed by atoms with van der Waals surface area (Å²) in [4.78, 5) is 33.5. The molecule has 0 amide bonds. The normalized spacial score (nSPS) is 12.2. The van der Waals surface area contributed by atoms with E-state index in [4.69, 9.17) is 9.84 Å². The summed E-state index contributed by atoms with van der Waals surface area (Å²) in [5.74, 6) is -0.883. The fourth-order valence-electron chi connectivity index (χ4n) is 1.62. The van der Waals surface area contributed by atoms with Crippen LogP contribution in [-0.2, 0) is 19.1 Å². The lowest BCUT2D eigenvalue weighted by atomic mass is 10.2. The van der Waals surface area contributed by atoms with Gasteiger partial charge in [-0.1, -0.05) is 6.92 Å². The highest BCUT2D eigenvalue weighted by Gasteiger charge is 2.15. The Kier molecular flexibility index (Phi) is 10.3. The van der Waals surface area contributed by atoms with E-state index in [-0.39, 0.29) is 24.3 Å². The molecule has 1 unspecified atom stereocenters. The number of hydrogen-bond acceptors (Lipinski definition) is 4. The largest absolute Gasteiger partial charge is 0.481 e. The van der Waals surface area contributed by atoms with Gasteiger partial charge in [0, 0.05) is 25.7 Å². The molecule has 116 valence electrons. The topological polar surface area (TPSA) is 80.7 Å². The second-order valence-corrected chi connectivity index (χ2v) is 7.60. The molecule has 1 atom stereocenters. The Morgan fingerprint density at radius 2 is 1.60 bits per heavy atom. The minimum absolute atomic E-state index is 0.102. The summed E-state index contributed by atoms with van der Waals surface area (Å²) in [6, 6.07) is 0. The number of carbonyl (C=O) groups is 3. The number of ether oxygens (including phenoxy) is 1. The predicted molar refractivity (Wildman–Crippen MR) is 79.5 cm³/mol. The Hall–Kier alpha value is -0.960. The molecule has 0 aliphatic heterocycles. The zero-order valence-electron chi connectivity index (χ0n) is 12.6. The first kappa shape index (κ1) is 19.0. The van der Waals surface area contributed by atoms with Gasteiger partial charge in [-0.25, -0.2) is 0 Å². The van der Waals surface area contributed by atoms with Crippen LogP contribution in [0.1, 0.15) is 46.5 Å². The molecule has 0 aliphatic carbocycles. The van der Waals surface area contributed by atoms with Gasteiger partial charge in [-0.05, 0) is 32.3 Å². The van der Waals surface area contributed by atoms with Gasteiger partial charge in [0.15, 0.2) is 0 Å². The third-order valence-electron chi connectivity index (χ3n) is 2.74. The first-order chi connectivity index (χ1) is 9.35. The molecule has 0 radical (unpaired) electrons. The predicted octanol–water partition coefficient (Wildman–Crippen LogP) is 2.65. The summed E-state index contributed by atoms with van der Waals surface area (Å²) in [5.41, 5.74) is 0. The van der Waals surface area contributed by atoms with Gasteiger partial charge in [-0.3, -0.25) is 14.4 Å². The minimum atomic E-state index is -0.830. The number of Topliss-reactive ketones (excluding diaryl/α,β-unsaturated/α-hetero) is 1. The van der Waals surface area contributed by atoms with Crippen LogP contribution in [0, 0.1) is 0 Å². The van der Waals surface area contributed by atoms with Crippen LogP contribution in [0.4, 0.5) is 0 Å². The monoisotopic (exact) mass is 304 g/mol. The molecule has 20 heavy (non-hydrogen) atoms. The Morgan fingerprint density at radius 1 is 1.05 bits per heavy atom. The van der Waals surface area contributed by atoms with Crippen molar-refractivity contribution in [3.05, 3.63) is 0 Å². The van der Waals surface area contributed by atoms with Gasteiger partial charge in [-0.15, -0.1) is 7.92 Å². The smallest absolute Gasteiger partial charge is 0.306 e. The van der Waals surface area contributed by atoms with Gasteiger partial charge in [-0.2, -0.15) is 0 Å². The van der Waals surface area contributed by atoms with E-state index < -0.39 is 13.9 Å². The van der Waals surface area contributed by atoms with Crippen molar-refractivity contribution < 1.29 is 24.2 Å². The zero-order valence-corrected chi connectivity index (χ0v) is 13.4. The summed E-state index contributed by atoms with van der Waals surface area (Å²) in [7, 11) is -0.591. The Morgan fingerprint density at radius 3 is 2.10 bits per heavy atom. The van der Waals surface area contributed by atoms with E-state index in [2.05, 4.69) is 0 Å². The van der Waals surface area contributed by atoms with Crippen LogP contribution in [-0.4, -0.2) is 47.4 Å². The van der Waals surface area contributed by atoms with Gasteiger partial charge >= 0.3 is 11.9 Å². The van der Waals surface area contributed by atoms with Crippen molar-refractivity contribution in [3.63, 3.8) is 0 Å². The van der Waals surface area contributed by atoms with Crippen molar-refractivity contribution in [3.8, 4) is 0 Å². The second kappa shape index (κ2) is 10.8. The molecule has 0 aromatic carbocycles. The number of ketones is 1. The third-order valence-corrected chi connectivity index (χ3v) is 5.31. The van der Waals surface area contributed by atoms with Crippen LogP contribution in [0.2, 0.25) is 0 Å². The van der Waals surface area contributed by atoms with Crippen LogP contribution >= 0.6 is 7.92 Å². The van der Waals surface area contributed by atoms with Crippen molar-refractivity contribution in [2.24, 2.45) is 0 Å². The van der Waals surface area contributed by atoms with Crippen molar-refractivity contribution >= 4 is 25.6 Å². The van der Waals surface area contributed by atoms with Gasteiger partial charge in [0.05, 0.1) is 6.10 Å². The molecule has 0 aromatic heterocycles. The molecule has 0 aromatic rings. The summed E-state index contributed by atoms with van der Waals surface area (Å²) in [6.45, 7) is 5.41. The number of carboxylic acid groups (broad SMARTS) is 1. The van der Waals surface area contributed by atoms with E-state index in [1.807, 2.05) is 6.92 Å². The first-order valence-corrected chi connectivity index (χ1v) is 8.90. The highest BCUT2D eigenvalue weighted by Crippen LogP contribution is 2.38. The highest BCUT2D eigenvalue weighted by atomic mass is 31.1. The fourth-order valence-corrected chi connectivity index (χ4v) is 3.86. The van der Waals surface area contributed by atoms with Crippen LogP contribution < -0.4 is 0 Å². The molecule has 0 spiro atoms. The lowest BCUT2D eigenvalue weighted by Crippen LogP contribution is -2.13. The average molecular weight is 304 g/mol. The van der Waals surface area contributed by atoms with E-state index >= 15 is 0 Å². The SMILES string of the molecule is CCC(=O)CCP(CCC(=O)O)CCC(=O)OC(C)C. The molecule has 0 fully saturated rings. The first-order valence-electron chi connectivity index (χ1n) is 7.00. The lowest BCUT2D eigenvalue weighted by Gasteiger charge is -2.16. The highest BCUT2D eigenvalue weighted by molar-refractivity contribution is 7.57. The van der Waals surface area contributed by atoms with Gasteiger partial charge < -0.3 is 9.84 Å². The van der Waals surface area contributed by atoms with E-state index in [1.165, 1.54) is 0 Å². The quantitative estimate of drug-likeness (QED) is 0.469. The van der Waals surface area contributed by atoms with Crippen LogP contribution in [0.5, 0.6) is 0 Å². The van der Waals surface area contributed by atoms with E-state index in [0.29, 0.717) is 37.7 Å². The molecule has 0 saturated heterocycles. The third kappa shape index (κ3) is 10.9. The van der Waals surface area contributed by atoms with Gasteiger partial charge in [0.25, 0.3) is 0 Å². The van der Waals surface area contributed by atoms with E-state index in [1.54, 1.807) is 13.8 Å². The Bertz CT molecular complexity index is 328. The molecule has 6 heteroatoms. The molecule has 1 N–H and O–H groups in total. The molecule has 0 saturated carbocycles. The molecule has 0 rings (SSSR count). The van der Waals surface area contributed by atoms with E-state index in [9.17, 15) is 14.4 Å². The number of carboxylic acids is 1. The molecular formula is C14H25O5P. The second-order valence-electron chi connectivity index (χ2n) is 4.92. The Balaban J connectivity index is 4.18. The number of aliphatic carboxylic acids is 1. The molecule has 0 aliphatic rings. The van der Waals surface area contributed by atoms with Crippen molar-refractivity contribution in [2.45, 2.75) is 52.6 Å². The van der Waals surface area contributed by atoms with Crippen molar-refractivity contribution in [2.75, 3.05) is 18.5 Å². The van der Waals surface area contributed by atoms with E-state index in [0.717, 1.165) is 0 Å². The molecule has 5 nitrogen and oxygen atoms in total. The molecule has 0 heterocycles. The number of rotatable bonds is 11. The fraction of sp³-hybridized carbons (Fsp3) is 0.786. The van der Waals surface area contributed by atoms with Gasteiger partial charge in [0.2, 0.25) is 0 Å². The Labute approximate surface area is 121 Å². The number of carbonyl (C=O) groups excluding carboxylic acids is 2. The summed E-state index contributed by atoms with van der Waals surface area (Å²) in [6.07, 6.45) is 3.20. The maximum Gasteiger partial charge on any atom is 0.306 e. The summed E-state index contributed by atoms with van der Waals surface area (Å²) >= 11 is 0. The van der Waals surface area contributed by atoms with Crippen molar-refractivity contribution in [1.82, 2.24) is 0 Å². The summed E-state index contributed by atoms with van der Waals surface area (Å²) in [5, 5.41) is 8.73. The van der Waals surface area contributed by atoms with Crippen LogP contribution in [0.15, 0.2) is 0 Å². The number of esters is 1. The van der Waals surface area contributed by atoms with Crippen LogP contribution in [0.3, 0.4) is 0 Å². The van der Waals surface area contributed by atoms with Crippen LogP contribution in [0.25, 0.3) is 0 Å². The lowest BCUT2D eigenvalue weighted by molar-refractivity contribution is -0.146. The summed E-state index contributed by atoms with van der Waals surface area (Å²) < 4.78 is 5.06. The maximum atomic E-state index is 11.5. The minimum Gasteiger partial charge on any atom is -0.481 e. The van der Waals surface area contributed by atoms with Gasteiger partial charge in [0.1, 0.15) is 5.78 Å². The maximum absolute atomic E-state index is 11.5. The molecular weight excluding hydrogens is 279 g/mol.